The highest BCUT2D eigenvalue weighted by molar-refractivity contribution is 7.51. The Balaban J connectivity index is 1.67. The van der Waals surface area contributed by atoms with Gasteiger partial charge in [0.15, 0.2) is 5.76 Å². The van der Waals surface area contributed by atoms with Gasteiger partial charge in [-0.15, -0.1) is 0 Å². The molecule has 0 spiro atoms. The van der Waals surface area contributed by atoms with Gasteiger partial charge in [-0.1, -0.05) is 63.4 Å². The molecule has 3 aromatic rings. The average Bonchev–Trinajstić information content (AvgIpc) is 3.59. The summed E-state index contributed by atoms with van der Waals surface area (Å²) < 4.78 is 22.5. The van der Waals surface area contributed by atoms with Crippen LogP contribution in [0.1, 0.15) is 79.4 Å². The summed E-state index contributed by atoms with van der Waals surface area (Å²) >= 11 is 0. The maximum Gasteiger partial charge on any atom is 0.344 e. The molecule has 14 nitrogen and oxygen atoms in total. The average molecular weight is 701 g/mol. The van der Waals surface area contributed by atoms with Gasteiger partial charge < -0.3 is 34.9 Å². The first-order chi connectivity index (χ1) is 23.5. The number of benzene rings is 2. The van der Waals surface area contributed by atoms with Gasteiger partial charge in [0.05, 0.1) is 25.2 Å². The van der Waals surface area contributed by atoms with E-state index in [-0.39, 0.29) is 42.9 Å². The van der Waals surface area contributed by atoms with Crippen molar-refractivity contribution in [1.82, 2.24) is 21.0 Å². The molecule has 0 saturated carbocycles. The minimum absolute atomic E-state index is 0.0639. The van der Waals surface area contributed by atoms with Crippen molar-refractivity contribution in [3.63, 3.8) is 0 Å². The molecule has 1 aromatic heterocycles. The number of hydrogen-bond acceptors (Lipinski definition) is 8. The molecule has 2 atom stereocenters. The molecule has 4 amide bonds. The molecule has 3 rings (SSSR count). The number of carbonyl (C=O) groups excluding carboxylic acids is 4. The van der Waals surface area contributed by atoms with Crippen molar-refractivity contribution in [2.45, 2.75) is 65.5 Å². The Labute approximate surface area is 285 Å². The zero-order valence-corrected chi connectivity index (χ0v) is 28.8. The molecule has 5 N–H and O–H groups in total. The second kappa shape index (κ2) is 19.5. The van der Waals surface area contributed by atoms with E-state index in [4.69, 9.17) is 23.8 Å². The van der Waals surface area contributed by atoms with Crippen molar-refractivity contribution in [2.24, 2.45) is 5.92 Å². The predicted octanol–water partition coefficient (Wildman–Crippen LogP) is 4.58. The van der Waals surface area contributed by atoms with Crippen LogP contribution >= 0.6 is 7.60 Å². The molecular formula is C34H45N4O10P. The second-order valence-corrected chi connectivity index (χ2v) is 12.8. The van der Waals surface area contributed by atoms with Crippen LogP contribution in [0.4, 0.5) is 0 Å². The Morgan fingerprint density at radius 1 is 0.959 bits per heavy atom. The number of nitrogens with one attached hydrogen (secondary N) is 3. The van der Waals surface area contributed by atoms with E-state index in [0.717, 1.165) is 24.8 Å². The quantitative estimate of drug-likeness (QED) is 0.0345. The van der Waals surface area contributed by atoms with Crippen molar-refractivity contribution >= 4 is 31.7 Å². The molecule has 0 aliphatic rings. The summed E-state index contributed by atoms with van der Waals surface area (Å²) in [5.74, 6) is -1.79. The molecular weight excluding hydrogens is 655 g/mol. The largest absolute Gasteiger partial charge is 0.494 e. The highest BCUT2D eigenvalue weighted by Gasteiger charge is 2.32. The van der Waals surface area contributed by atoms with Crippen LogP contribution in [0.3, 0.4) is 0 Å². The molecule has 0 fully saturated rings. The normalized spacial score (nSPS) is 12.4. The van der Waals surface area contributed by atoms with Gasteiger partial charge in [-0.05, 0) is 55.7 Å². The lowest BCUT2D eigenvalue weighted by atomic mass is 9.90. The van der Waals surface area contributed by atoms with Crippen molar-refractivity contribution in [1.29, 1.82) is 0 Å². The first-order valence-corrected chi connectivity index (χ1v) is 18.0. The van der Waals surface area contributed by atoms with Crippen molar-refractivity contribution in [3.05, 3.63) is 77.6 Å². The molecule has 2 unspecified atom stereocenters. The van der Waals surface area contributed by atoms with Crippen molar-refractivity contribution in [2.75, 3.05) is 19.6 Å². The Hall–Kier alpha value is -4.49. The highest BCUT2D eigenvalue weighted by Crippen LogP contribution is 2.33. The lowest BCUT2D eigenvalue weighted by Crippen LogP contribution is -2.48. The standard InChI is InChI=1S/C34H45N4O10P/c1-4-7-9-14-28(29(5-2)38(23-39)47-20-24-12-10-8-11-13-24)33(41)35-21-36-34(42)31-16-15-30(48-31)25-17-26(19-27(18-25)46-6-3)32(40)37-22-49(43,44)45/h8,10-13,15-19,23,28-29H,4-7,9,14,20-22H2,1-3H3,(H,35,41)(H,36,42)(H,37,40)(H2,43,44,45). The Bertz CT molecular complexity index is 1580. The molecule has 0 saturated heterocycles. The van der Waals surface area contributed by atoms with Gasteiger partial charge in [0.25, 0.3) is 11.8 Å². The number of furan rings is 1. The van der Waals surface area contributed by atoms with E-state index in [1.165, 1.54) is 29.3 Å². The number of amides is 4. The van der Waals surface area contributed by atoms with E-state index in [0.29, 0.717) is 30.6 Å². The summed E-state index contributed by atoms with van der Waals surface area (Å²) in [6.07, 6.45) is 3.39. The topological polar surface area (TPSA) is 197 Å². The predicted molar refractivity (Wildman–Crippen MR) is 181 cm³/mol. The van der Waals surface area contributed by atoms with E-state index in [1.807, 2.05) is 37.3 Å². The zero-order valence-electron chi connectivity index (χ0n) is 27.9. The van der Waals surface area contributed by atoms with E-state index in [2.05, 4.69) is 22.9 Å². The van der Waals surface area contributed by atoms with Crippen LogP contribution in [-0.2, 0) is 25.6 Å². The van der Waals surface area contributed by atoms with Gasteiger partial charge in [-0.3, -0.25) is 28.6 Å². The molecule has 0 bridgehead atoms. The summed E-state index contributed by atoms with van der Waals surface area (Å²) in [6.45, 7) is 5.94. The SMILES string of the molecule is CCCCCC(C(=O)NCNC(=O)c1ccc(-c2cc(OCC)cc(C(=O)NCP(=O)(O)O)c2)o1)C(CC)N(C=O)OCc1ccccc1. The number of ether oxygens (including phenoxy) is 1. The van der Waals surface area contributed by atoms with Gasteiger partial charge in [0.2, 0.25) is 12.3 Å². The third-order valence-electron chi connectivity index (χ3n) is 7.54. The van der Waals surface area contributed by atoms with Gasteiger partial charge >= 0.3 is 7.60 Å². The van der Waals surface area contributed by atoms with Crippen LogP contribution < -0.4 is 20.7 Å². The van der Waals surface area contributed by atoms with Crippen LogP contribution in [0.15, 0.2) is 65.1 Å². The number of nitrogens with zero attached hydrogens (tertiary/aromatic N) is 1. The molecule has 1 heterocycles. The monoisotopic (exact) mass is 700 g/mol. The maximum atomic E-state index is 13.4. The molecule has 0 radical (unpaired) electrons. The summed E-state index contributed by atoms with van der Waals surface area (Å²) in [7, 11) is -4.47. The van der Waals surface area contributed by atoms with Gasteiger partial charge in [0.1, 0.15) is 24.4 Å². The third-order valence-corrected chi connectivity index (χ3v) is 8.11. The summed E-state index contributed by atoms with van der Waals surface area (Å²) in [5, 5.41) is 8.76. The van der Waals surface area contributed by atoms with Crippen LogP contribution in [0, 0.1) is 5.92 Å². The number of carbonyl (C=O) groups is 4. The Morgan fingerprint density at radius 3 is 2.37 bits per heavy atom. The van der Waals surface area contributed by atoms with E-state index in [9.17, 15) is 23.7 Å². The molecule has 49 heavy (non-hydrogen) atoms. The summed E-state index contributed by atoms with van der Waals surface area (Å²) in [6, 6.07) is 16.3. The maximum absolute atomic E-state index is 13.4. The van der Waals surface area contributed by atoms with Gasteiger partial charge in [-0.25, -0.2) is 5.06 Å². The van der Waals surface area contributed by atoms with E-state index < -0.39 is 37.7 Å². The van der Waals surface area contributed by atoms with Gasteiger partial charge in [-0.2, -0.15) is 0 Å². The third kappa shape index (κ3) is 12.5. The van der Waals surface area contributed by atoms with Crippen LogP contribution in [0.2, 0.25) is 0 Å². The molecule has 2 aromatic carbocycles. The number of unbranched alkanes of at least 4 members (excludes halogenated alkanes) is 2. The fourth-order valence-corrected chi connectivity index (χ4v) is 5.48. The summed E-state index contributed by atoms with van der Waals surface area (Å²) in [4.78, 5) is 75.1. The van der Waals surface area contributed by atoms with Crippen molar-refractivity contribution in [3.8, 4) is 17.1 Å². The fourth-order valence-electron chi connectivity index (χ4n) is 5.13. The number of hydrogen-bond donors (Lipinski definition) is 5. The Kier molecular flexibility index (Phi) is 15.5. The lowest BCUT2D eigenvalue weighted by Gasteiger charge is -2.32. The van der Waals surface area contributed by atoms with Crippen LogP contribution in [0.25, 0.3) is 11.3 Å². The minimum atomic E-state index is -4.47. The molecule has 15 heteroatoms. The fraction of sp³-hybridized carbons (Fsp3) is 0.412. The van der Waals surface area contributed by atoms with Gasteiger partial charge in [0, 0.05) is 11.1 Å². The minimum Gasteiger partial charge on any atom is -0.494 e. The Morgan fingerprint density at radius 2 is 1.71 bits per heavy atom. The van der Waals surface area contributed by atoms with E-state index >= 15 is 0 Å². The first kappa shape index (κ1) is 39.0. The first-order valence-electron chi connectivity index (χ1n) is 16.2. The van der Waals surface area contributed by atoms with Crippen molar-refractivity contribution < 1.29 is 47.5 Å². The molecule has 266 valence electrons. The van der Waals surface area contributed by atoms with Crippen LogP contribution in [0.5, 0.6) is 5.75 Å². The summed E-state index contributed by atoms with van der Waals surface area (Å²) in [5.41, 5.74) is 1.33. The highest BCUT2D eigenvalue weighted by atomic mass is 31.2. The zero-order chi connectivity index (χ0) is 35.8. The second-order valence-electron chi connectivity index (χ2n) is 11.2. The van der Waals surface area contributed by atoms with Crippen LogP contribution in [-0.4, -0.2) is 64.6 Å². The van der Waals surface area contributed by atoms with E-state index in [1.54, 1.807) is 13.0 Å². The lowest BCUT2D eigenvalue weighted by molar-refractivity contribution is -0.200. The molecule has 0 aliphatic heterocycles. The molecule has 0 aliphatic carbocycles. The number of hydroxylamine groups is 2. The number of rotatable bonds is 21. The smallest absolute Gasteiger partial charge is 0.344 e.